The molecule has 0 atom stereocenters. The highest BCUT2D eigenvalue weighted by atomic mass is 32.2. The molecule has 0 spiro atoms. The van der Waals surface area contributed by atoms with Gasteiger partial charge >= 0.3 is 0 Å². The molecule has 4 nitrogen and oxygen atoms in total. The lowest BCUT2D eigenvalue weighted by atomic mass is 10.1. The summed E-state index contributed by atoms with van der Waals surface area (Å²) in [7, 11) is 0. The van der Waals surface area contributed by atoms with Gasteiger partial charge in [-0.15, -0.1) is 0 Å². The summed E-state index contributed by atoms with van der Waals surface area (Å²) in [6, 6.07) is 16.9. The van der Waals surface area contributed by atoms with Gasteiger partial charge in [0.25, 0.3) is 0 Å². The van der Waals surface area contributed by atoms with Gasteiger partial charge in [0.05, 0.1) is 46.0 Å². The SMILES string of the molecule is CCCOc1c2c(c(OCCC)c3ccccc13)Sc1c(c(OCCC)c3ccccc3c1OCCC)S2. The van der Waals surface area contributed by atoms with Crippen LogP contribution >= 0.6 is 23.5 Å². The molecule has 0 amide bonds. The molecule has 0 unspecified atom stereocenters. The van der Waals surface area contributed by atoms with E-state index in [2.05, 4.69) is 76.2 Å². The van der Waals surface area contributed by atoms with Crippen molar-refractivity contribution >= 4 is 45.1 Å². The van der Waals surface area contributed by atoms with Crippen LogP contribution in [0.15, 0.2) is 68.1 Å². The predicted molar refractivity (Wildman–Crippen MR) is 159 cm³/mol. The predicted octanol–water partition coefficient (Wildman–Crippen LogP) is 9.76. The molecule has 4 aromatic carbocycles. The fourth-order valence-electron chi connectivity index (χ4n) is 4.62. The van der Waals surface area contributed by atoms with Crippen LogP contribution in [0, 0.1) is 0 Å². The van der Waals surface area contributed by atoms with Crippen molar-refractivity contribution in [3.8, 4) is 23.0 Å². The van der Waals surface area contributed by atoms with E-state index >= 15 is 0 Å². The molecule has 0 saturated heterocycles. The van der Waals surface area contributed by atoms with Crippen LogP contribution in [-0.4, -0.2) is 26.4 Å². The van der Waals surface area contributed by atoms with Crippen molar-refractivity contribution < 1.29 is 18.9 Å². The molecular weight excluding hydrogens is 512 g/mol. The minimum Gasteiger partial charge on any atom is -0.492 e. The monoisotopic (exact) mass is 548 g/mol. The number of rotatable bonds is 12. The second-order valence-electron chi connectivity index (χ2n) is 9.32. The van der Waals surface area contributed by atoms with E-state index < -0.39 is 0 Å². The maximum atomic E-state index is 6.48. The van der Waals surface area contributed by atoms with Crippen molar-refractivity contribution in [3.63, 3.8) is 0 Å². The summed E-state index contributed by atoms with van der Waals surface area (Å²) in [6.07, 6.45) is 3.76. The van der Waals surface area contributed by atoms with Crippen molar-refractivity contribution in [2.75, 3.05) is 26.4 Å². The van der Waals surface area contributed by atoms with Crippen LogP contribution in [0.1, 0.15) is 53.4 Å². The van der Waals surface area contributed by atoms with E-state index in [-0.39, 0.29) is 0 Å². The summed E-state index contributed by atoms with van der Waals surface area (Å²) >= 11 is 3.46. The van der Waals surface area contributed by atoms with Crippen LogP contribution in [0.25, 0.3) is 21.5 Å². The Morgan fingerprint density at radius 3 is 0.868 bits per heavy atom. The van der Waals surface area contributed by atoms with Crippen molar-refractivity contribution in [1.82, 2.24) is 0 Å². The molecule has 0 aromatic heterocycles. The van der Waals surface area contributed by atoms with Crippen LogP contribution in [0.3, 0.4) is 0 Å². The van der Waals surface area contributed by atoms with Crippen molar-refractivity contribution in [2.24, 2.45) is 0 Å². The molecule has 1 aliphatic heterocycles. The summed E-state index contributed by atoms with van der Waals surface area (Å²) in [6.45, 7) is 11.2. The van der Waals surface area contributed by atoms with Crippen LogP contribution in [0.5, 0.6) is 23.0 Å². The van der Waals surface area contributed by atoms with Crippen LogP contribution in [0.2, 0.25) is 0 Å². The van der Waals surface area contributed by atoms with E-state index in [9.17, 15) is 0 Å². The molecular formula is C32H36O4S2. The molecule has 0 bridgehead atoms. The first kappa shape index (κ1) is 26.9. The smallest absolute Gasteiger partial charge is 0.142 e. The average molecular weight is 549 g/mol. The third-order valence-corrected chi connectivity index (χ3v) is 8.91. The normalized spacial score (nSPS) is 12.3. The van der Waals surface area contributed by atoms with Crippen molar-refractivity contribution in [2.45, 2.75) is 73.0 Å². The van der Waals surface area contributed by atoms with E-state index in [4.69, 9.17) is 18.9 Å². The van der Waals surface area contributed by atoms with Gasteiger partial charge in [-0.1, -0.05) is 99.7 Å². The zero-order valence-electron chi connectivity index (χ0n) is 22.7. The lowest BCUT2D eigenvalue weighted by molar-refractivity contribution is 0.297. The molecule has 1 aliphatic rings. The Kier molecular flexibility index (Phi) is 8.80. The highest BCUT2D eigenvalue weighted by molar-refractivity contribution is 8.05. The molecule has 0 aliphatic carbocycles. The topological polar surface area (TPSA) is 36.9 Å². The molecule has 0 saturated carbocycles. The largest absolute Gasteiger partial charge is 0.492 e. The summed E-state index contributed by atoms with van der Waals surface area (Å²) in [5.41, 5.74) is 0. The zero-order chi connectivity index (χ0) is 26.5. The van der Waals surface area contributed by atoms with Gasteiger partial charge in [0.1, 0.15) is 23.0 Å². The maximum absolute atomic E-state index is 6.48. The number of fused-ring (bicyclic) bond motifs is 4. The van der Waals surface area contributed by atoms with Crippen molar-refractivity contribution in [1.29, 1.82) is 0 Å². The molecule has 0 fully saturated rings. The van der Waals surface area contributed by atoms with E-state index in [1.807, 2.05) is 0 Å². The zero-order valence-corrected chi connectivity index (χ0v) is 24.4. The van der Waals surface area contributed by atoms with Gasteiger partial charge in [0.15, 0.2) is 0 Å². The summed E-state index contributed by atoms with van der Waals surface area (Å²) in [5.74, 6) is 3.70. The Morgan fingerprint density at radius 2 is 0.658 bits per heavy atom. The Bertz CT molecular complexity index is 1220. The molecule has 4 aromatic rings. The molecule has 1 heterocycles. The number of ether oxygens (including phenoxy) is 4. The first-order chi connectivity index (χ1) is 18.7. The van der Waals surface area contributed by atoms with Crippen LogP contribution < -0.4 is 18.9 Å². The lowest BCUT2D eigenvalue weighted by Crippen LogP contribution is -2.07. The first-order valence-corrected chi connectivity index (χ1v) is 15.4. The van der Waals surface area contributed by atoms with Crippen LogP contribution in [-0.2, 0) is 0 Å². The Labute approximate surface area is 234 Å². The highest BCUT2D eigenvalue weighted by Crippen LogP contribution is 2.63. The van der Waals surface area contributed by atoms with E-state index in [0.29, 0.717) is 26.4 Å². The van der Waals surface area contributed by atoms with Gasteiger partial charge in [-0.2, -0.15) is 0 Å². The Balaban J connectivity index is 1.81. The van der Waals surface area contributed by atoms with Gasteiger partial charge in [-0.25, -0.2) is 0 Å². The third-order valence-electron chi connectivity index (χ3n) is 6.28. The second-order valence-corrected chi connectivity index (χ2v) is 11.4. The Hall–Kier alpha value is -2.70. The molecule has 6 heteroatoms. The van der Waals surface area contributed by atoms with E-state index in [1.165, 1.54) is 0 Å². The van der Waals surface area contributed by atoms with Gasteiger partial charge < -0.3 is 18.9 Å². The molecule has 38 heavy (non-hydrogen) atoms. The van der Waals surface area contributed by atoms with E-state index in [1.54, 1.807) is 23.5 Å². The fourth-order valence-corrected chi connectivity index (χ4v) is 7.32. The number of benzene rings is 4. The average Bonchev–Trinajstić information content (AvgIpc) is 2.95. The quantitative estimate of drug-likeness (QED) is 0.154. The highest BCUT2D eigenvalue weighted by Gasteiger charge is 2.33. The second kappa shape index (κ2) is 12.4. The van der Waals surface area contributed by atoms with Gasteiger partial charge in [-0.3, -0.25) is 0 Å². The third kappa shape index (κ3) is 5.01. The van der Waals surface area contributed by atoms with Gasteiger partial charge in [0, 0.05) is 21.5 Å². The molecule has 0 N–H and O–H groups in total. The summed E-state index contributed by atoms with van der Waals surface area (Å²) < 4.78 is 25.9. The van der Waals surface area contributed by atoms with Crippen LogP contribution in [0.4, 0.5) is 0 Å². The number of hydrogen-bond acceptors (Lipinski definition) is 6. The minimum atomic E-state index is 0.658. The molecule has 200 valence electrons. The summed E-state index contributed by atoms with van der Waals surface area (Å²) in [5, 5.41) is 4.34. The number of hydrogen-bond donors (Lipinski definition) is 0. The standard InChI is InChI=1S/C32H36O4S2/c1-5-17-33-25-21-13-9-10-14-22(21)26(34-18-6-2)30-29(25)37-31-27(35-19-7-3)23-15-11-12-16-24(23)28(32(31)38-30)36-20-8-4/h9-16H,5-8,17-20H2,1-4H3. The van der Waals surface area contributed by atoms with Gasteiger partial charge in [-0.05, 0) is 25.7 Å². The Morgan fingerprint density at radius 1 is 0.421 bits per heavy atom. The minimum absolute atomic E-state index is 0.658. The molecule has 0 radical (unpaired) electrons. The first-order valence-electron chi connectivity index (χ1n) is 13.8. The lowest BCUT2D eigenvalue weighted by Gasteiger charge is -2.29. The summed E-state index contributed by atoms with van der Waals surface area (Å²) in [4.78, 5) is 4.38. The van der Waals surface area contributed by atoms with Crippen molar-refractivity contribution in [3.05, 3.63) is 48.5 Å². The maximum Gasteiger partial charge on any atom is 0.142 e. The molecule has 5 rings (SSSR count). The van der Waals surface area contributed by atoms with E-state index in [0.717, 1.165) is 89.8 Å². The van der Waals surface area contributed by atoms with Gasteiger partial charge in [0.2, 0.25) is 0 Å². The fraction of sp³-hybridized carbons (Fsp3) is 0.375.